The number of hydrogen-bond acceptors (Lipinski definition) is 4. The van der Waals surface area contributed by atoms with Crippen LogP contribution in [0.5, 0.6) is 0 Å². The second-order valence-corrected chi connectivity index (χ2v) is 4.71. The zero-order valence-electron chi connectivity index (χ0n) is 9.63. The molecule has 0 saturated heterocycles. The van der Waals surface area contributed by atoms with E-state index in [1.807, 2.05) is 13.0 Å². The number of halogens is 1. The number of nitro benzene ring substituents is 1. The summed E-state index contributed by atoms with van der Waals surface area (Å²) < 4.78 is 0.643. The van der Waals surface area contributed by atoms with Gasteiger partial charge in [0, 0.05) is 18.1 Å². The number of hydrogen-bond donors (Lipinski definition) is 0. The molecule has 0 fully saturated rings. The first-order valence-corrected chi connectivity index (χ1v) is 6.06. The first-order chi connectivity index (χ1) is 8.56. The summed E-state index contributed by atoms with van der Waals surface area (Å²) in [6.45, 7) is 1.83. The van der Waals surface area contributed by atoms with Crippen molar-refractivity contribution in [2.24, 2.45) is 0 Å². The second kappa shape index (κ2) is 5.22. The van der Waals surface area contributed by atoms with Crippen LogP contribution in [0.2, 0.25) is 0 Å². The first-order valence-electron chi connectivity index (χ1n) is 5.26. The van der Waals surface area contributed by atoms with Crippen molar-refractivity contribution in [3.63, 3.8) is 0 Å². The third kappa shape index (κ3) is 2.89. The van der Waals surface area contributed by atoms with Gasteiger partial charge in [0.15, 0.2) is 0 Å². The summed E-state index contributed by atoms with van der Waals surface area (Å²) in [5.74, 6) is 0. The Morgan fingerprint density at radius 2 is 2.11 bits per heavy atom. The minimum atomic E-state index is -0.366. The average Bonchev–Trinajstić information content (AvgIpc) is 2.34. The van der Waals surface area contributed by atoms with E-state index in [4.69, 9.17) is 0 Å². The Morgan fingerprint density at radius 3 is 2.72 bits per heavy atom. The summed E-state index contributed by atoms with van der Waals surface area (Å²) in [4.78, 5) is 18.8. The lowest BCUT2D eigenvalue weighted by molar-refractivity contribution is -0.385. The third-order valence-corrected chi connectivity index (χ3v) is 2.89. The van der Waals surface area contributed by atoms with Crippen LogP contribution in [-0.2, 0) is 6.42 Å². The minimum Gasteiger partial charge on any atom is -0.258 e. The van der Waals surface area contributed by atoms with Crippen LogP contribution in [0.1, 0.15) is 16.8 Å². The van der Waals surface area contributed by atoms with E-state index >= 15 is 0 Å². The van der Waals surface area contributed by atoms with Gasteiger partial charge in [-0.25, -0.2) is 4.98 Å². The van der Waals surface area contributed by atoms with Crippen LogP contribution in [0.15, 0.2) is 35.2 Å². The SMILES string of the molecule is Cc1ccc(Cc2cnc(Br)cn2)c([N+](=O)[O-])c1. The topological polar surface area (TPSA) is 68.9 Å². The molecule has 1 heterocycles. The number of rotatable bonds is 3. The molecule has 1 aromatic carbocycles. The molecule has 2 aromatic rings. The maximum atomic E-state index is 11.0. The van der Waals surface area contributed by atoms with Gasteiger partial charge in [-0.05, 0) is 28.4 Å². The lowest BCUT2D eigenvalue weighted by atomic mass is 10.1. The number of aromatic nitrogens is 2. The van der Waals surface area contributed by atoms with Crippen LogP contribution in [0, 0.1) is 17.0 Å². The minimum absolute atomic E-state index is 0.125. The largest absolute Gasteiger partial charge is 0.273 e. The van der Waals surface area contributed by atoms with E-state index in [2.05, 4.69) is 25.9 Å². The Kier molecular flexibility index (Phi) is 3.66. The molecule has 0 spiro atoms. The Morgan fingerprint density at radius 1 is 1.33 bits per heavy atom. The van der Waals surface area contributed by atoms with Gasteiger partial charge in [-0.1, -0.05) is 12.1 Å². The fourth-order valence-electron chi connectivity index (χ4n) is 1.62. The molecule has 5 nitrogen and oxygen atoms in total. The van der Waals surface area contributed by atoms with Crippen molar-refractivity contribution in [2.75, 3.05) is 0 Å². The molecular formula is C12H10BrN3O2. The van der Waals surface area contributed by atoms with Crippen LogP contribution in [0.3, 0.4) is 0 Å². The van der Waals surface area contributed by atoms with Gasteiger partial charge in [0.05, 0.1) is 23.0 Å². The van der Waals surface area contributed by atoms with Gasteiger partial charge in [-0.2, -0.15) is 0 Å². The molecule has 0 aliphatic rings. The van der Waals surface area contributed by atoms with Gasteiger partial charge in [-0.15, -0.1) is 0 Å². The molecule has 0 atom stereocenters. The predicted octanol–water partition coefficient (Wildman–Crippen LogP) is 3.05. The smallest absolute Gasteiger partial charge is 0.258 e. The summed E-state index contributed by atoms with van der Waals surface area (Å²) in [5.41, 5.74) is 2.33. The van der Waals surface area contributed by atoms with Crippen molar-refractivity contribution in [1.29, 1.82) is 0 Å². The van der Waals surface area contributed by atoms with E-state index in [9.17, 15) is 10.1 Å². The Labute approximate surface area is 112 Å². The van der Waals surface area contributed by atoms with E-state index in [1.165, 1.54) is 0 Å². The third-order valence-electron chi connectivity index (χ3n) is 2.48. The number of benzene rings is 1. The molecule has 0 saturated carbocycles. The van der Waals surface area contributed by atoms with Crippen molar-refractivity contribution in [3.8, 4) is 0 Å². The van der Waals surface area contributed by atoms with E-state index in [-0.39, 0.29) is 10.6 Å². The van der Waals surface area contributed by atoms with Crippen molar-refractivity contribution in [1.82, 2.24) is 9.97 Å². The monoisotopic (exact) mass is 307 g/mol. The maximum absolute atomic E-state index is 11.0. The maximum Gasteiger partial charge on any atom is 0.273 e. The molecule has 92 valence electrons. The molecule has 2 rings (SSSR count). The van der Waals surface area contributed by atoms with Gasteiger partial charge in [0.2, 0.25) is 0 Å². The first kappa shape index (κ1) is 12.6. The molecule has 0 N–H and O–H groups in total. The lowest BCUT2D eigenvalue weighted by Gasteiger charge is -2.03. The van der Waals surface area contributed by atoms with Gasteiger partial charge < -0.3 is 0 Å². The summed E-state index contributed by atoms with van der Waals surface area (Å²) in [5, 5.41) is 11.0. The van der Waals surface area contributed by atoms with Crippen molar-refractivity contribution < 1.29 is 4.92 Å². The van der Waals surface area contributed by atoms with Gasteiger partial charge in [0.1, 0.15) is 4.60 Å². The van der Waals surface area contributed by atoms with Crippen LogP contribution in [0.25, 0.3) is 0 Å². The predicted molar refractivity (Wildman–Crippen MR) is 70.4 cm³/mol. The molecule has 0 aliphatic carbocycles. The molecule has 0 radical (unpaired) electrons. The molecular weight excluding hydrogens is 298 g/mol. The highest BCUT2D eigenvalue weighted by Gasteiger charge is 2.14. The summed E-state index contributed by atoms with van der Waals surface area (Å²) in [6, 6.07) is 5.19. The van der Waals surface area contributed by atoms with Gasteiger partial charge in [-0.3, -0.25) is 15.1 Å². The Balaban J connectivity index is 2.34. The number of nitrogens with zero attached hydrogens (tertiary/aromatic N) is 3. The second-order valence-electron chi connectivity index (χ2n) is 3.90. The van der Waals surface area contributed by atoms with Gasteiger partial charge in [0.25, 0.3) is 5.69 Å². The molecule has 18 heavy (non-hydrogen) atoms. The lowest BCUT2D eigenvalue weighted by Crippen LogP contribution is -1.99. The molecule has 6 heteroatoms. The van der Waals surface area contributed by atoms with Crippen LogP contribution >= 0.6 is 15.9 Å². The Bertz CT molecular complexity index is 584. The normalized spacial score (nSPS) is 10.3. The van der Waals surface area contributed by atoms with E-state index in [0.717, 1.165) is 5.56 Å². The molecule has 0 amide bonds. The molecule has 0 bridgehead atoms. The molecule has 0 aliphatic heterocycles. The van der Waals surface area contributed by atoms with Crippen LogP contribution in [0.4, 0.5) is 5.69 Å². The van der Waals surface area contributed by atoms with Crippen molar-refractivity contribution >= 4 is 21.6 Å². The zero-order chi connectivity index (χ0) is 13.1. The van der Waals surface area contributed by atoms with Crippen molar-refractivity contribution in [3.05, 3.63) is 62.1 Å². The quantitative estimate of drug-likeness (QED) is 0.645. The highest BCUT2D eigenvalue weighted by atomic mass is 79.9. The Hall–Kier alpha value is -1.82. The van der Waals surface area contributed by atoms with E-state index in [1.54, 1.807) is 24.5 Å². The van der Waals surface area contributed by atoms with E-state index in [0.29, 0.717) is 22.3 Å². The fourth-order valence-corrected chi connectivity index (χ4v) is 1.82. The highest BCUT2D eigenvalue weighted by Crippen LogP contribution is 2.22. The fraction of sp³-hybridized carbons (Fsp3) is 0.167. The van der Waals surface area contributed by atoms with E-state index < -0.39 is 0 Å². The van der Waals surface area contributed by atoms with Crippen molar-refractivity contribution in [2.45, 2.75) is 13.3 Å². The summed E-state index contributed by atoms with van der Waals surface area (Å²) in [6.07, 6.45) is 3.58. The molecule has 1 aromatic heterocycles. The van der Waals surface area contributed by atoms with Crippen LogP contribution in [-0.4, -0.2) is 14.9 Å². The summed E-state index contributed by atoms with van der Waals surface area (Å²) >= 11 is 3.20. The van der Waals surface area contributed by atoms with Crippen LogP contribution < -0.4 is 0 Å². The summed E-state index contributed by atoms with van der Waals surface area (Å²) in [7, 11) is 0. The number of nitro groups is 1. The average molecular weight is 308 g/mol. The molecule has 0 unspecified atom stereocenters. The highest BCUT2D eigenvalue weighted by molar-refractivity contribution is 9.10. The zero-order valence-corrected chi connectivity index (χ0v) is 11.2. The standard InChI is InChI=1S/C12H10BrN3O2/c1-8-2-3-9(11(4-8)16(17)18)5-10-6-15-12(13)7-14-10/h2-4,6-7H,5H2,1H3. The number of aryl methyl sites for hydroxylation is 1. The van der Waals surface area contributed by atoms with Gasteiger partial charge >= 0.3 is 0 Å².